The fourth-order valence-corrected chi connectivity index (χ4v) is 0.813. The molecule has 10 heteroatoms. The highest BCUT2D eigenvalue weighted by molar-refractivity contribution is 14.1. The average Bonchev–Trinajstić information content (AvgIpc) is 1.81. The predicted molar refractivity (Wildman–Crippen MR) is 39.7 cm³/mol. The van der Waals surface area contributed by atoms with Crippen LogP contribution in [0, 0.1) is 0 Å². The molecule has 0 nitrogen and oxygen atoms in total. The van der Waals surface area contributed by atoms with Gasteiger partial charge >= 0.3 is 21.2 Å². The molecule has 0 N–H and O–H groups in total. The molecular formula is C4ClF8I. The summed E-state index contributed by atoms with van der Waals surface area (Å²) in [6.45, 7) is 0. The predicted octanol–water partition coefficient (Wildman–Crippen LogP) is 4.12. The molecule has 0 radical (unpaired) electrons. The van der Waals surface area contributed by atoms with E-state index in [-0.39, 0.29) is 22.6 Å². The van der Waals surface area contributed by atoms with Crippen LogP contribution in [-0.2, 0) is 0 Å². The van der Waals surface area contributed by atoms with E-state index in [1.54, 1.807) is 0 Å². The van der Waals surface area contributed by atoms with Crippen molar-refractivity contribution in [2.24, 2.45) is 0 Å². The normalized spacial score (nSPS) is 15.9. The highest BCUT2D eigenvalue weighted by Gasteiger charge is 2.79. The molecule has 0 amide bonds. The lowest BCUT2D eigenvalue weighted by Gasteiger charge is -2.31. The summed E-state index contributed by atoms with van der Waals surface area (Å²) >= 11 is 3.24. The highest BCUT2D eigenvalue weighted by Crippen LogP contribution is 2.55. The molecule has 0 aromatic rings. The van der Waals surface area contributed by atoms with Crippen LogP contribution in [0.3, 0.4) is 0 Å². The zero-order valence-corrected chi connectivity index (χ0v) is 8.69. The molecule has 0 unspecified atom stereocenters. The van der Waals surface area contributed by atoms with Gasteiger partial charge in [-0.3, -0.25) is 0 Å². The highest BCUT2D eigenvalue weighted by atomic mass is 127. The monoisotopic (exact) mass is 362 g/mol. The van der Waals surface area contributed by atoms with Crippen LogP contribution in [0.15, 0.2) is 0 Å². The van der Waals surface area contributed by atoms with Gasteiger partial charge in [-0.15, -0.1) is 0 Å². The maximum Gasteiger partial charge on any atom is 0.393 e. The summed E-state index contributed by atoms with van der Waals surface area (Å²) < 4.78 is 90.3. The molecule has 0 rings (SSSR count). The van der Waals surface area contributed by atoms with Crippen molar-refractivity contribution < 1.29 is 35.1 Å². The van der Waals surface area contributed by atoms with Crippen molar-refractivity contribution in [3.63, 3.8) is 0 Å². The van der Waals surface area contributed by atoms with Crippen LogP contribution in [0.4, 0.5) is 35.1 Å². The van der Waals surface area contributed by atoms with Crippen LogP contribution < -0.4 is 0 Å². The van der Waals surface area contributed by atoms with Crippen molar-refractivity contribution in [2.45, 2.75) is 21.2 Å². The van der Waals surface area contributed by atoms with Crippen molar-refractivity contribution in [1.82, 2.24) is 0 Å². The topological polar surface area (TPSA) is 0 Å². The third-order valence-electron chi connectivity index (χ3n) is 1.11. The zero-order valence-electron chi connectivity index (χ0n) is 5.78. The van der Waals surface area contributed by atoms with Crippen LogP contribution in [-0.4, -0.2) is 21.2 Å². The van der Waals surface area contributed by atoms with E-state index in [9.17, 15) is 35.1 Å². The van der Waals surface area contributed by atoms with Gasteiger partial charge in [0, 0.05) is 22.6 Å². The van der Waals surface area contributed by atoms with Gasteiger partial charge in [0.15, 0.2) is 0 Å². The van der Waals surface area contributed by atoms with E-state index >= 15 is 0 Å². The van der Waals surface area contributed by atoms with Gasteiger partial charge in [-0.2, -0.15) is 35.1 Å². The maximum absolute atomic E-state index is 12.1. The third-order valence-corrected chi connectivity index (χ3v) is 2.02. The zero-order chi connectivity index (χ0) is 12.0. The van der Waals surface area contributed by atoms with Crippen molar-refractivity contribution in [2.75, 3.05) is 0 Å². The first-order valence-electron chi connectivity index (χ1n) is 2.64. The van der Waals surface area contributed by atoms with Crippen LogP contribution in [0.1, 0.15) is 0 Å². The molecular weight excluding hydrogens is 362 g/mol. The summed E-state index contributed by atoms with van der Waals surface area (Å²) in [7, 11) is 0. The van der Waals surface area contributed by atoms with Gasteiger partial charge in [0.2, 0.25) is 0 Å². The number of hydrogen-bond acceptors (Lipinski definition) is 0. The minimum Gasteiger partial charge on any atom is -0.191 e. The van der Waals surface area contributed by atoms with E-state index in [2.05, 4.69) is 11.6 Å². The molecule has 0 fully saturated rings. The standard InChI is InChI=1S/C4ClF8I/c5-3(10,11)1(6,7)2(8,9)4(12,13)14. The number of rotatable bonds is 3. The van der Waals surface area contributed by atoms with E-state index < -0.39 is 21.2 Å². The molecule has 0 aromatic heterocycles. The van der Waals surface area contributed by atoms with Crippen LogP contribution in [0.2, 0.25) is 0 Å². The Bertz CT molecular complexity index is 190. The lowest BCUT2D eigenvalue weighted by Crippen LogP contribution is -2.58. The fourth-order valence-electron chi connectivity index (χ4n) is 0.356. The first-order chi connectivity index (χ1) is 5.75. The molecule has 0 aromatic carbocycles. The fraction of sp³-hybridized carbons (Fsp3) is 1.00. The molecule has 86 valence electrons. The van der Waals surface area contributed by atoms with Gasteiger partial charge in [-0.25, -0.2) is 0 Å². The Hall–Kier alpha value is 0.460. The molecule has 0 bridgehead atoms. The smallest absolute Gasteiger partial charge is 0.191 e. The average molecular weight is 362 g/mol. The molecule has 0 aliphatic rings. The Kier molecular flexibility index (Phi) is 3.61. The van der Waals surface area contributed by atoms with Gasteiger partial charge in [0.1, 0.15) is 0 Å². The molecule has 0 aliphatic carbocycles. The van der Waals surface area contributed by atoms with Gasteiger partial charge in [0.05, 0.1) is 0 Å². The summed E-state index contributed by atoms with van der Waals surface area (Å²) in [5.41, 5.74) is 0. The second kappa shape index (κ2) is 3.49. The largest absolute Gasteiger partial charge is 0.393 e. The Balaban J connectivity index is 5.30. The molecule has 0 atom stereocenters. The molecule has 14 heavy (non-hydrogen) atoms. The quantitative estimate of drug-likeness (QED) is 0.403. The second-order valence-corrected chi connectivity index (χ2v) is 3.97. The summed E-state index contributed by atoms with van der Waals surface area (Å²) in [4.78, 5) is 0. The Morgan fingerprint density at radius 1 is 0.714 bits per heavy atom. The SMILES string of the molecule is FC(F)(Cl)C(F)(F)C(F)(F)C(F)(F)I. The lowest BCUT2D eigenvalue weighted by atomic mass is 10.2. The summed E-state index contributed by atoms with van der Waals surface area (Å²) in [6.07, 6.45) is 0. The van der Waals surface area contributed by atoms with Crippen LogP contribution in [0.5, 0.6) is 0 Å². The van der Waals surface area contributed by atoms with Crippen LogP contribution in [0.25, 0.3) is 0 Å². The Morgan fingerprint density at radius 3 is 1.07 bits per heavy atom. The Morgan fingerprint density at radius 2 is 1.00 bits per heavy atom. The number of hydrogen-bond donors (Lipinski definition) is 0. The molecule has 0 spiro atoms. The molecule has 0 aliphatic heterocycles. The lowest BCUT2D eigenvalue weighted by molar-refractivity contribution is -0.319. The van der Waals surface area contributed by atoms with E-state index in [4.69, 9.17) is 0 Å². The summed E-state index contributed by atoms with van der Waals surface area (Å²) in [5, 5.41) is -5.76. The van der Waals surface area contributed by atoms with E-state index in [0.29, 0.717) is 0 Å². The van der Waals surface area contributed by atoms with Gasteiger partial charge in [0.25, 0.3) is 0 Å². The summed E-state index contributed by atoms with van der Waals surface area (Å²) in [6, 6.07) is 0. The van der Waals surface area contributed by atoms with Crippen molar-refractivity contribution in [3.05, 3.63) is 0 Å². The van der Waals surface area contributed by atoms with Gasteiger partial charge in [-0.05, 0) is 11.6 Å². The van der Waals surface area contributed by atoms with E-state index in [1.165, 1.54) is 0 Å². The minimum atomic E-state index is -6.34. The minimum absolute atomic E-state index is 0.371. The van der Waals surface area contributed by atoms with Gasteiger partial charge in [-0.1, -0.05) is 0 Å². The van der Waals surface area contributed by atoms with Gasteiger partial charge < -0.3 is 0 Å². The molecule has 0 heterocycles. The number of alkyl halides is 10. The molecule has 0 saturated carbocycles. The summed E-state index contributed by atoms with van der Waals surface area (Å²) in [5.74, 6) is -12.6. The van der Waals surface area contributed by atoms with E-state index in [1.807, 2.05) is 0 Å². The van der Waals surface area contributed by atoms with E-state index in [0.717, 1.165) is 0 Å². The third kappa shape index (κ3) is 2.17. The maximum atomic E-state index is 12.1. The van der Waals surface area contributed by atoms with Crippen LogP contribution >= 0.6 is 34.2 Å². The first kappa shape index (κ1) is 14.5. The number of halogens is 10. The Labute approximate surface area is 90.7 Å². The van der Waals surface area contributed by atoms with Crippen molar-refractivity contribution in [1.29, 1.82) is 0 Å². The van der Waals surface area contributed by atoms with Crippen molar-refractivity contribution >= 4 is 34.2 Å². The second-order valence-electron chi connectivity index (χ2n) is 2.14. The first-order valence-corrected chi connectivity index (χ1v) is 4.10. The van der Waals surface area contributed by atoms with Crippen molar-refractivity contribution in [3.8, 4) is 0 Å². The molecule has 0 saturated heterocycles.